The minimum atomic E-state index is -1.17. The van der Waals surface area contributed by atoms with Crippen molar-refractivity contribution in [2.45, 2.75) is 0 Å². The molecular formula is C9H6ClNO4. The summed E-state index contributed by atoms with van der Waals surface area (Å²) in [7, 11) is 0. The molecule has 0 saturated heterocycles. The number of carbonyl (C=O) groups excluding carboxylic acids is 1. The minimum absolute atomic E-state index is 0.0782. The first-order valence-electron chi connectivity index (χ1n) is 4.07. The highest BCUT2D eigenvalue weighted by Crippen LogP contribution is 2.34. The van der Waals surface area contributed by atoms with Gasteiger partial charge in [-0.15, -0.1) is 0 Å². The fourth-order valence-corrected chi connectivity index (χ4v) is 1.52. The van der Waals surface area contributed by atoms with E-state index in [1.165, 1.54) is 12.1 Å². The predicted octanol–water partition coefficient (Wildman–Crippen LogP) is 1.37. The summed E-state index contributed by atoms with van der Waals surface area (Å²) in [5, 5.41) is 11.6. The molecule has 0 fully saturated rings. The number of fused-ring (bicyclic) bond motifs is 1. The molecule has 0 spiro atoms. The summed E-state index contributed by atoms with van der Waals surface area (Å²) in [4.78, 5) is 21.9. The van der Waals surface area contributed by atoms with Crippen molar-refractivity contribution in [2.75, 3.05) is 11.9 Å². The zero-order valence-corrected chi connectivity index (χ0v) is 8.17. The molecule has 78 valence electrons. The molecule has 0 aliphatic carbocycles. The van der Waals surface area contributed by atoms with Crippen LogP contribution >= 0.6 is 11.6 Å². The van der Waals surface area contributed by atoms with E-state index in [0.717, 1.165) is 0 Å². The van der Waals surface area contributed by atoms with Gasteiger partial charge in [-0.1, -0.05) is 11.6 Å². The first-order chi connectivity index (χ1) is 7.08. The molecule has 15 heavy (non-hydrogen) atoms. The van der Waals surface area contributed by atoms with Crippen molar-refractivity contribution < 1.29 is 19.4 Å². The normalized spacial score (nSPS) is 13.8. The smallest absolute Gasteiger partial charge is 0.338 e. The summed E-state index contributed by atoms with van der Waals surface area (Å²) < 4.78 is 5.05. The lowest BCUT2D eigenvalue weighted by atomic mass is 10.1. The second kappa shape index (κ2) is 3.43. The number of carboxylic acids is 1. The molecule has 1 aliphatic heterocycles. The number of hydrogen-bond acceptors (Lipinski definition) is 3. The third kappa shape index (κ3) is 1.73. The van der Waals surface area contributed by atoms with Gasteiger partial charge in [-0.3, -0.25) is 4.79 Å². The number of anilines is 1. The van der Waals surface area contributed by atoms with Gasteiger partial charge in [-0.25, -0.2) is 4.79 Å². The summed E-state index contributed by atoms with van der Waals surface area (Å²) in [5.41, 5.74) is 0.0775. The van der Waals surface area contributed by atoms with Crippen LogP contribution in [0.15, 0.2) is 12.1 Å². The van der Waals surface area contributed by atoms with Gasteiger partial charge < -0.3 is 15.2 Å². The molecule has 0 bridgehead atoms. The molecule has 1 aliphatic rings. The molecule has 0 atom stereocenters. The van der Waals surface area contributed by atoms with E-state index in [-0.39, 0.29) is 34.5 Å². The van der Waals surface area contributed by atoms with Crippen molar-refractivity contribution in [1.82, 2.24) is 0 Å². The molecule has 6 heteroatoms. The summed E-state index contributed by atoms with van der Waals surface area (Å²) in [6, 6.07) is 2.72. The second-order valence-electron chi connectivity index (χ2n) is 2.97. The van der Waals surface area contributed by atoms with E-state index in [4.69, 9.17) is 21.4 Å². The van der Waals surface area contributed by atoms with Crippen LogP contribution in [-0.4, -0.2) is 23.6 Å². The number of aromatic carboxylic acids is 1. The summed E-state index contributed by atoms with van der Waals surface area (Å²) in [6.45, 7) is -0.133. The molecule has 0 unspecified atom stereocenters. The van der Waals surface area contributed by atoms with E-state index in [1.54, 1.807) is 0 Å². The maximum absolute atomic E-state index is 11.0. The fourth-order valence-electron chi connectivity index (χ4n) is 1.31. The number of carboxylic acid groups (broad SMARTS) is 1. The Bertz CT molecular complexity index is 458. The van der Waals surface area contributed by atoms with Crippen LogP contribution in [0.5, 0.6) is 5.75 Å². The molecule has 1 aromatic rings. The lowest BCUT2D eigenvalue weighted by Gasteiger charge is -2.19. The van der Waals surface area contributed by atoms with Crippen molar-refractivity contribution in [3.63, 3.8) is 0 Å². The van der Waals surface area contributed by atoms with Gasteiger partial charge >= 0.3 is 5.97 Å². The van der Waals surface area contributed by atoms with Gasteiger partial charge in [0.05, 0.1) is 11.3 Å². The molecule has 0 radical (unpaired) electrons. The van der Waals surface area contributed by atoms with Crippen molar-refractivity contribution >= 4 is 29.2 Å². The lowest BCUT2D eigenvalue weighted by Crippen LogP contribution is -2.26. The Morgan fingerprint density at radius 1 is 1.53 bits per heavy atom. The Morgan fingerprint density at radius 2 is 2.27 bits per heavy atom. The van der Waals surface area contributed by atoms with Gasteiger partial charge in [0.25, 0.3) is 5.91 Å². The van der Waals surface area contributed by atoms with E-state index in [1.807, 2.05) is 0 Å². The molecule has 1 amide bonds. The first kappa shape index (κ1) is 9.79. The molecule has 1 aromatic carbocycles. The zero-order chi connectivity index (χ0) is 11.0. The maximum Gasteiger partial charge on any atom is 0.338 e. The van der Waals surface area contributed by atoms with Crippen molar-refractivity contribution in [3.8, 4) is 5.75 Å². The van der Waals surface area contributed by atoms with E-state index in [2.05, 4.69) is 5.32 Å². The Hall–Kier alpha value is -1.75. The lowest BCUT2D eigenvalue weighted by molar-refractivity contribution is -0.118. The Balaban J connectivity index is 2.60. The fraction of sp³-hybridized carbons (Fsp3) is 0.111. The Kier molecular flexibility index (Phi) is 2.24. The van der Waals surface area contributed by atoms with Gasteiger partial charge in [0, 0.05) is 11.1 Å². The number of amides is 1. The number of ether oxygens (including phenoxy) is 1. The summed E-state index contributed by atoms with van der Waals surface area (Å²) >= 11 is 5.71. The van der Waals surface area contributed by atoms with Crippen LogP contribution in [0.1, 0.15) is 10.4 Å². The van der Waals surface area contributed by atoms with Crippen LogP contribution in [-0.2, 0) is 4.79 Å². The summed E-state index contributed by atoms with van der Waals surface area (Å²) in [6.07, 6.45) is 0. The van der Waals surface area contributed by atoms with Crippen LogP contribution < -0.4 is 10.1 Å². The number of carbonyl (C=O) groups is 2. The third-order valence-electron chi connectivity index (χ3n) is 1.92. The third-order valence-corrected chi connectivity index (χ3v) is 2.14. The highest BCUT2D eigenvalue weighted by molar-refractivity contribution is 6.31. The SMILES string of the molecule is O=C1COc2cc(Cl)cc(C(=O)O)c2N1. The standard InChI is InChI=1S/C9H6ClNO4/c10-4-1-5(9(13)14)8-6(2-4)15-3-7(12)11-8/h1-2H,3H2,(H,11,12)(H,13,14). The van der Waals surface area contributed by atoms with Crippen LogP contribution in [0.25, 0.3) is 0 Å². The number of halogens is 1. The highest BCUT2D eigenvalue weighted by Gasteiger charge is 2.23. The van der Waals surface area contributed by atoms with Gasteiger partial charge in [0.2, 0.25) is 0 Å². The Labute approximate surface area is 89.6 Å². The van der Waals surface area contributed by atoms with Crippen LogP contribution in [0, 0.1) is 0 Å². The molecule has 2 rings (SSSR count). The number of benzene rings is 1. The Morgan fingerprint density at radius 3 is 2.93 bits per heavy atom. The highest BCUT2D eigenvalue weighted by atomic mass is 35.5. The zero-order valence-electron chi connectivity index (χ0n) is 7.41. The molecule has 0 saturated carbocycles. The van der Waals surface area contributed by atoms with Crippen LogP contribution in [0.3, 0.4) is 0 Å². The van der Waals surface area contributed by atoms with E-state index < -0.39 is 5.97 Å². The average Bonchev–Trinajstić information content (AvgIpc) is 2.17. The first-order valence-corrected chi connectivity index (χ1v) is 4.45. The van der Waals surface area contributed by atoms with Crippen molar-refractivity contribution in [2.24, 2.45) is 0 Å². The van der Waals surface area contributed by atoms with Gasteiger partial charge in [-0.05, 0) is 6.07 Å². The second-order valence-corrected chi connectivity index (χ2v) is 3.40. The van der Waals surface area contributed by atoms with E-state index in [0.29, 0.717) is 0 Å². The molecule has 0 aromatic heterocycles. The average molecular weight is 228 g/mol. The summed E-state index contributed by atoms with van der Waals surface area (Å²) in [5.74, 6) is -1.27. The number of hydrogen-bond donors (Lipinski definition) is 2. The van der Waals surface area contributed by atoms with Crippen molar-refractivity contribution in [3.05, 3.63) is 22.7 Å². The maximum atomic E-state index is 11.0. The van der Waals surface area contributed by atoms with E-state index >= 15 is 0 Å². The quantitative estimate of drug-likeness (QED) is 0.760. The van der Waals surface area contributed by atoms with Crippen molar-refractivity contribution in [1.29, 1.82) is 0 Å². The van der Waals surface area contributed by atoms with Crippen LogP contribution in [0.4, 0.5) is 5.69 Å². The minimum Gasteiger partial charge on any atom is -0.481 e. The molecule has 1 heterocycles. The molecular weight excluding hydrogens is 222 g/mol. The number of rotatable bonds is 1. The number of nitrogens with one attached hydrogen (secondary N) is 1. The van der Waals surface area contributed by atoms with E-state index in [9.17, 15) is 9.59 Å². The molecule has 2 N–H and O–H groups in total. The van der Waals surface area contributed by atoms with Crippen LogP contribution in [0.2, 0.25) is 5.02 Å². The topological polar surface area (TPSA) is 75.6 Å². The van der Waals surface area contributed by atoms with Gasteiger partial charge in [0.1, 0.15) is 5.75 Å². The molecule has 5 nitrogen and oxygen atoms in total. The predicted molar refractivity (Wildman–Crippen MR) is 52.5 cm³/mol. The monoisotopic (exact) mass is 227 g/mol. The van der Waals surface area contributed by atoms with Gasteiger partial charge in [0.15, 0.2) is 6.61 Å². The largest absolute Gasteiger partial charge is 0.481 e. The van der Waals surface area contributed by atoms with Gasteiger partial charge in [-0.2, -0.15) is 0 Å².